The van der Waals surface area contributed by atoms with Gasteiger partial charge in [-0.3, -0.25) is 4.68 Å². The minimum atomic E-state index is -4.70. The highest BCUT2D eigenvalue weighted by Crippen LogP contribution is 2.23. The Morgan fingerprint density at radius 2 is 1.69 bits per heavy atom. The maximum absolute atomic E-state index is 12.2. The van der Waals surface area contributed by atoms with Crippen LogP contribution in [0.3, 0.4) is 0 Å². The Bertz CT molecular complexity index is 1210. The van der Waals surface area contributed by atoms with Gasteiger partial charge in [-0.25, -0.2) is 4.98 Å². The van der Waals surface area contributed by atoms with E-state index in [1.807, 2.05) is 29.6 Å². The molecule has 4 aromatic rings. The van der Waals surface area contributed by atoms with Crippen molar-refractivity contribution in [2.75, 3.05) is 6.61 Å². The monoisotopic (exact) mass is 538 g/mol. The molecule has 0 N–H and O–H groups in total. The molecule has 0 unspecified atom stereocenters. The summed E-state index contributed by atoms with van der Waals surface area (Å²) in [5.74, 6) is 0.467. The fourth-order valence-corrected chi connectivity index (χ4v) is 3.65. The molecule has 0 radical (unpaired) electrons. The van der Waals surface area contributed by atoms with E-state index in [9.17, 15) is 13.2 Å². The zero-order chi connectivity index (χ0) is 24.5. The molecule has 0 bridgehead atoms. The predicted octanol–water partition coefficient (Wildman–Crippen LogP) is 6.02. The molecule has 0 aliphatic rings. The molecule has 36 heavy (non-hydrogen) atoms. The lowest BCUT2D eigenvalue weighted by Crippen LogP contribution is -2.16. The minimum Gasteiger partial charge on any atom is -0.487 e. The van der Waals surface area contributed by atoms with E-state index in [1.165, 1.54) is 23.5 Å². The van der Waals surface area contributed by atoms with Crippen LogP contribution in [0, 0.1) is 0 Å². The smallest absolute Gasteiger partial charge is 0.487 e. The number of halogens is 4. The Hall–Kier alpha value is -3.41. The average molecular weight is 539 g/mol. The normalized spacial score (nSPS) is 11.4. The fraction of sp³-hybridized carbons (Fsp3) is 0.208. The topological polar surface area (TPSA) is 71.3 Å². The van der Waals surface area contributed by atoms with Crippen LogP contribution in [0.4, 0.5) is 13.2 Å². The second kappa shape index (κ2) is 13.1. The van der Waals surface area contributed by atoms with Gasteiger partial charge >= 0.3 is 6.36 Å². The molecule has 0 amide bonds. The number of hydrogen-bond donors (Lipinski definition) is 0. The number of benzene rings is 2. The highest BCUT2D eigenvalue weighted by atomic mass is 35.5. The van der Waals surface area contributed by atoms with Crippen molar-refractivity contribution in [1.82, 2.24) is 20.0 Å². The van der Waals surface area contributed by atoms with Crippen molar-refractivity contribution in [3.8, 4) is 11.5 Å². The Morgan fingerprint density at radius 1 is 0.944 bits per heavy atom. The van der Waals surface area contributed by atoms with Crippen LogP contribution in [0.25, 0.3) is 12.2 Å². The van der Waals surface area contributed by atoms with Gasteiger partial charge in [0.25, 0.3) is 0 Å². The van der Waals surface area contributed by atoms with E-state index >= 15 is 0 Å². The van der Waals surface area contributed by atoms with Crippen LogP contribution >= 0.6 is 23.7 Å². The van der Waals surface area contributed by atoms with Crippen LogP contribution in [0.5, 0.6) is 11.5 Å². The van der Waals surface area contributed by atoms with Gasteiger partial charge in [0.2, 0.25) is 0 Å². The van der Waals surface area contributed by atoms with Crippen molar-refractivity contribution < 1.29 is 27.4 Å². The van der Waals surface area contributed by atoms with E-state index in [4.69, 9.17) is 9.47 Å². The summed E-state index contributed by atoms with van der Waals surface area (Å²) >= 11 is 1.45. The molecular weight excluding hydrogens is 517 g/mol. The van der Waals surface area contributed by atoms with Crippen molar-refractivity contribution in [1.29, 1.82) is 0 Å². The Morgan fingerprint density at radius 3 is 2.39 bits per heavy atom. The van der Waals surface area contributed by atoms with Crippen LogP contribution < -0.4 is 9.47 Å². The van der Waals surface area contributed by atoms with Crippen molar-refractivity contribution in [2.45, 2.75) is 26.1 Å². The lowest BCUT2D eigenvalue weighted by molar-refractivity contribution is -0.274. The number of nitrogens with zero attached hydrogens (tertiary/aromatic N) is 4. The first kappa shape index (κ1) is 27.2. The minimum absolute atomic E-state index is 0. The Kier molecular flexibility index (Phi) is 9.86. The third kappa shape index (κ3) is 8.99. The second-order valence-corrected chi connectivity index (χ2v) is 8.17. The predicted molar refractivity (Wildman–Crippen MR) is 132 cm³/mol. The number of hydrogen-bond acceptors (Lipinski definition) is 7. The van der Waals surface area contributed by atoms with E-state index < -0.39 is 6.36 Å². The summed E-state index contributed by atoms with van der Waals surface area (Å²) in [6.07, 6.45) is 2.28. The molecule has 2 heterocycles. The van der Waals surface area contributed by atoms with Gasteiger partial charge in [0.05, 0.1) is 31.6 Å². The van der Waals surface area contributed by atoms with Gasteiger partial charge in [0.1, 0.15) is 23.1 Å². The van der Waals surface area contributed by atoms with Gasteiger partial charge < -0.3 is 14.2 Å². The second-order valence-electron chi connectivity index (χ2n) is 7.28. The van der Waals surface area contributed by atoms with Gasteiger partial charge in [0.15, 0.2) is 0 Å². The Balaban J connectivity index is 0.00000361. The zero-order valence-corrected chi connectivity index (χ0v) is 20.4. The fourth-order valence-electron chi connectivity index (χ4n) is 2.95. The van der Waals surface area contributed by atoms with Crippen LogP contribution in [-0.4, -0.2) is 32.9 Å². The molecule has 0 saturated heterocycles. The summed E-state index contributed by atoms with van der Waals surface area (Å²) in [4.78, 5) is 4.50. The van der Waals surface area contributed by atoms with Gasteiger partial charge in [-0.1, -0.05) is 35.6 Å². The zero-order valence-electron chi connectivity index (χ0n) is 18.8. The Labute approximate surface area is 215 Å². The summed E-state index contributed by atoms with van der Waals surface area (Å²) in [6, 6.07) is 13.3. The van der Waals surface area contributed by atoms with E-state index in [1.54, 1.807) is 41.4 Å². The van der Waals surface area contributed by atoms with Crippen molar-refractivity contribution in [3.05, 3.63) is 88.1 Å². The molecule has 7 nitrogen and oxygen atoms in total. The van der Waals surface area contributed by atoms with Crippen molar-refractivity contribution >= 4 is 35.9 Å². The number of rotatable bonds is 11. The third-order valence-electron chi connectivity index (χ3n) is 4.62. The number of aromatic nitrogens is 4. The molecule has 0 atom stereocenters. The van der Waals surface area contributed by atoms with Crippen LogP contribution in [0.15, 0.2) is 66.3 Å². The molecule has 0 aliphatic heterocycles. The summed E-state index contributed by atoms with van der Waals surface area (Å²) < 4.78 is 53.7. The first-order chi connectivity index (χ1) is 16.9. The lowest BCUT2D eigenvalue weighted by atomic mass is 10.2. The first-order valence-electron chi connectivity index (χ1n) is 10.5. The molecule has 2 aromatic heterocycles. The molecule has 190 valence electrons. The molecular formula is C24H22ClF3N4O3S. The van der Waals surface area contributed by atoms with E-state index in [0.717, 1.165) is 27.6 Å². The maximum Gasteiger partial charge on any atom is 0.573 e. The summed E-state index contributed by atoms with van der Waals surface area (Å²) in [6.45, 7) is 2.01. The van der Waals surface area contributed by atoms with Crippen molar-refractivity contribution in [3.63, 3.8) is 0 Å². The molecule has 0 fully saturated rings. The van der Waals surface area contributed by atoms with Crippen molar-refractivity contribution in [2.24, 2.45) is 0 Å². The maximum atomic E-state index is 12.2. The van der Waals surface area contributed by atoms with E-state index in [-0.39, 0.29) is 18.2 Å². The molecule has 4 rings (SSSR count). The molecule has 0 spiro atoms. The lowest BCUT2D eigenvalue weighted by Gasteiger charge is -2.08. The third-order valence-corrected chi connectivity index (χ3v) is 5.48. The highest BCUT2D eigenvalue weighted by molar-refractivity contribution is 7.10. The summed E-state index contributed by atoms with van der Waals surface area (Å²) in [5.41, 5.74) is 2.55. The van der Waals surface area contributed by atoms with Gasteiger partial charge in [0, 0.05) is 11.6 Å². The average Bonchev–Trinajstić information content (AvgIpc) is 3.52. The molecule has 2 aromatic carbocycles. The number of alkyl halides is 3. The quantitative estimate of drug-likeness (QED) is 0.217. The van der Waals surface area contributed by atoms with Gasteiger partial charge in [-0.2, -0.15) is 0 Å². The van der Waals surface area contributed by atoms with E-state index in [2.05, 4.69) is 20.0 Å². The number of thiazole rings is 1. The van der Waals surface area contributed by atoms with Gasteiger partial charge in [-0.05, 0) is 41.5 Å². The highest BCUT2D eigenvalue weighted by Gasteiger charge is 2.30. The van der Waals surface area contributed by atoms with Gasteiger partial charge in [-0.15, -0.1) is 42.0 Å². The van der Waals surface area contributed by atoms with Crippen LogP contribution in [0.2, 0.25) is 0 Å². The van der Waals surface area contributed by atoms with Crippen LogP contribution in [0.1, 0.15) is 21.8 Å². The van der Waals surface area contributed by atoms with E-state index in [0.29, 0.717) is 26.4 Å². The van der Waals surface area contributed by atoms with Crippen LogP contribution in [-0.2, 0) is 24.5 Å². The summed E-state index contributed by atoms with van der Waals surface area (Å²) in [7, 11) is 0. The molecule has 0 saturated carbocycles. The largest absolute Gasteiger partial charge is 0.573 e. The SMILES string of the molecule is Cl.FC(F)(F)Oc1ccc(C=Cc2nc(COc3ccc(COCCn4ccnn4)cc3)cs2)cc1. The molecule has 12 heteroatoms. The summed E-state index contributed by atoms with van der Waals surface area (Å²) in [5, 5.41) is 10.3. The molecule has 0 aliphatic carbocycles. The first-order valence-corrected chi connectivity index (χ1v) is 11.4. The number of ether oxygens (including phenoxy) is 3. The standard InChI is InChI=1S/C24H21F3N4O3S.ClH/c25-24(26,27)34-22-8-1-18(2-9-22)5-10-23-29-20(17-35-23)16-33-21-6-3-19(4-7-21)15-32-14-13-31-12-11-28-30-31;/h1-12,17H,13-16H2;1H.